The third-order valence-electron chi connectivity index (χ3n) is 6.48. The number of rotatable bonds is 7. The molecule has 3 heterocycles. The first-order valence-corrected chi connectivity index (χ1v) is 11.0. The fourth-order valence-corrected chi connectivity index (χ4v) is 4.96. The number of hydrogen-bond acceptors (Lipinski definition) is 4. The maximum Gasteiger partial charge on any atom is 0.136 e. The van der Waals surface area contributed by atoms with Gasteiger partial charge in [0.2, 0.25) is 0 Å². The number of aliphatic hydroxyl groups excluding tert-OH is 1. The molecule has 28 heavy (non-hydrogen) atoms. The molecule has 1 unspecified atom stereocenters. The Labute approximate surface area is 169 Å². The van der Waals surface area contributed by atoms with E-state index in [1.165, 1.54) is 44.3 Å². The van der Waals surface area contributed by atoms with Crippen molar-refractivity contribution in [1.82, 2.24) is 19.4 Å². The molecule has 1 aliphatic carbocycles. The lowest BCUT2D eigenvalue weighted by Gasteiger charge is -2.43. The van der Waals surface area contributed by atoms with E-state index >= 15 is 0 Å². The zero-order chi connectivity index (χ0) is 19.2. The summed E-state index contributed by atoms with van der Waals surface area (Å²) in [5, 5.41) is 9.62. The summed E-state index contributed by atoms with van der Waals surface area (Å²) in [7, 11) is 0. The summed E-state index contributed by atoms with van der Waals surface area (Å²) in [5.74, 6) is 1.84. The van der Waals surface area contributed by atoms with Gasteiger partial charge in [0, 0.05) is 63.5 Å². The molecule has 4 rings (SSSR count). The summed E-state index contributed by atoms with van der Waals surface area (Å²) in [6, 6.07) is 10.8. The molecule has 152 valence electrons. The molecule has 2 aliphatic rings. The van der Waals surface area contributed by atoms with E-state index < -0.39 is 0 Å². The van der Waals surface area contributed by atoms with Crippen LogP contribution in [0.15, 0.2) is 42.7 Å². The van der Waals surface area contributed by atoms with E-state index in [0.717, 1.165) is 44.3 Å². The smallest absolute Gasteiger partial charge is 0.136 e. The average molecular weight is 383 g/mol. The topological polar surface area (TPSA) is 44.5 Å². The molecule has 1 saturated heterocycles. The Hall–Kier alpha value is -1.69. The van der Waals surface area contributed by atoms with Crippen LogP contribution in [0, 0.1) is 5.92 Å². The Balaban J connectivity index is 1.39. The molecule has 0 bridgehead atoms. The Bertz CT molecular complexity index is 710. The van der Waals surface area contributed by atoms with Gasteiger partial charge in [-0.3, -0.25) is 9.80 Å². The largest absolute Gasteiger partial charge is 0.396 e. The molecule has 5 heteroatoms. The molecular weight excluding hydrogens is 348 g/mol. The van der Waals surface area contributed by atoms with Gasteiger partial charge in [0.05, 0.1) is 0 Å². The van der Waals surface area contributed by atoms with E-state index in [9.17, 15) is 5.11 Å². The zero-order valence-electron chi connectivity index (χ0n) is 16.9. The summed E-state index contributed by atoms with van der Waals surface area (Å²) >= 11 is 0. The second-order valence-electron chi connectivity index (χ2n) is 8.46. The summed E-state index contributed by atoms with van der Waals surface area (Å²) in [6.45, 7) is 5.70. The number of pyridine rings is 1. The van der Waals surface area contributed by atoms with Crippen LogP contribution in [-0.2, 0) is 6.54 Å². The van der Waals surface area contributed by atoms with Crippen molar-refractivity contribution in [2.45, 2.75) is 51.1 Å². The van der Waals surface area contributed by atoms with Crippen molar-refractivity contribution >= 4 is 0 Å². The van der Waals surface area contributed by atoms with Gasteiger partial charge in [-0.15, -0.1) is 0 Å². The van der Waals surface area contributed by atoms with Crippen LogP contribution in [0.5, 0.6) is 0 Å². The van der Waals surface area contributed by atoms with Crippen molar-refractivity contribution < 1.29 is 5.11 Å². The minimum Gasteiger partial charge on any atom is -0.396 e. The Morgan fingerprint density at radius 3 is 2.71 bits per heavy atom. The van der Waals surface area contributed by atoms with Crippen LogP contribution in [0.25, 0.3) is 5.82 Å². The van der Waals surface area contributed by atoms with Crippen molar-refractivity contribution in [2.75, 3.05) is 32.8 Å². The van der Waals surface area contributed by atoms with Crippen LogP contribution in [-0.4, -0.2) is 63.3 Å². The number of aromatic nitrogens is 2. The van der Waals surface area contributed by atoms with Crippen LogP contribution < -0.4 is 0 Å². The highest BCUT2D eigenvalue weighted by molar-refractivity contribution is 5.27. The molecule has 2 fully saturated rings. The van der Waals surface area contributed by atoms with Gasteiger partial charge < -0.3 is 9.67 Å². The Morgan fingerprint density at radius 1 is 1.04 bits per heavy atom. The van der Waals surface area contributed by atoms with Gasteiger partial charge in [0.1, 0.15) is 5.82 Å². The van der Waals surface area contributed by atoms with E-state index in [2.05, 4.69) is 43.7 Å². The first kappa shape index (κ1) is 19.6. The number of piperazine rings is 1. The minimum atomic E-state index is 0.282. The lowest BCUT2D eigenvalue weighted by Crippen LogP contribution is -2.54. The highest BCUT2D eigenvalue weighted by Crippen LogP contribution is 2.26. The molecule has 0 aromatic carbocycles. The molecule has 0 radical (unpaired) electrons. The van der Waals surface area contributed by atoms with E-state index in [0.29, 0.717) is 6.04 Å². The Morgan fingerprint density at radius 2 is 1.93 bits per heavy atom. The molecule has 5 nitrogen and oxygen atoms in total. The van der Waals surface area contributed by atoms with Gasteiger partial charge >= 0.3 is 0 Å². The van der Waals surface area contributed by atoms with Gasteiger partial charge in [-0.2, -0.15) is 0 Å². The molecule has 2 aromatic rings. The fourth-order valence-electron chi connectivity index (χ4n) is 4.96. The third-order valence-corrected chi connectivity index (χ3v) is 6.48. The van der Waals surface area contributed by atoms with Crippen molar-refractivity contribution in [1.29, 1.82) is 0 Å². The average Bonchev–Trinajstić information content (AvgIpc) is 3.20. The van der Waals surface area contributed by atoms with E-state index in [-0.39, 0.29) is 6.61 Å². The molecule has 0 spiro atoms. The maximum atomic E-state index is 9.62. The van der Waals surface area contributed by atoms with E-state index in [4.69, 9.17) is 0 Å². The van der Waals surface area contributed by atoms with E-state index in [1.807, 2.05) is 18.3 Å². The molecule has 1 aliphatic heterocycles. The predicted octanol–water partition coefficient (Wildman–Crippen LogP) is 3.32. The summed E-state index contributed by atoms with van der Waals surface area (Å²) in [5.41, 5.74) is 1.28. The lowest BCUT2D eigenvalue weighted by atomic mass is 9.88. The van der Waals surface area contributed by atoms with Crippen molar-refractivity contribution in [3.63, 3.8) is 0 Å². The summed E-state index contributed by atoms with van der Waals surface area (Å²) < 4.78 is 2.19. The van der Waals surface area contributed by atoms with Crippen LogP contribution in [0.1, 0.15) is 44.2 Å². The molecule has 1 saturated carbocycles. The van der Waals surface area contributed by atoms with Crippen LogP contribution >= 0.6 is 0 Å². The number of hydrogen-bond donors (Lipinski definition) is 1. The second-order valence-corrected chi connectivity index (χ2v) is 8.46. The van der Waals surface area contributed by atoms with Crippen molar-refractivity contribution in [3.05, 3.63) is 48.4 Å². The van der Waals surface area contributed by atoms with Gasteiger partial charge in [-0.25, -0.2) is 4.98 Å². The highest BCUT2D eigenvalue weighted by Gasteiger charge is 2.29. The second kappa shape index (κ2) is 9.68. The third kappa shape index (κ3) is 4.83. The van der Waals surface area contributed by atoms with Gasteiger partial charge in [0.15, 0.2) is 0 Å². The predicted molar refractivity (Wildman–Crippen MR) is 112 cm³/mol. The standard InChI is InChI=1S/C23H34N4O/c28-16-11-21-18-25(14-15-26(21)17-20-7-2-1-3-8-20)19-22-9-6-13-27(22)23-10-4-5-12-24-23/h4-6,9-10,12-13,20-21,28H,1-3,7-8,11,14-19H2. The fraction of sp³-hybridized carbons (Fsp3) is 0.609. The maximum absolute atomic E-state index is 9.62. The van der Waals surface area contributed by atoms with E-state index in [1.54, 1.807) is 0 Å². The molecule has 2 aromatic heterocycles. The van der Waals surface area contributed by atoms with Crippen LogP contribution in [0.4, 0.5) is 0 Å². The monoisotopic (exact) mass is 382 g/mol. The number of nitrogens with zero attached hydrogens (tertiary/aromatic N) is 4. The van der Waals surface area contributed by atoms with Gasteiger partial charge in [-0.1, -0.05) is 25.3 Å². The molecule has 1 N–H and O–H groups in total. The van der Waals surface area contributed by atoms with Crippen LogP contribution in [0.2, 0.25) is 0 Å². The van der Waals surface area contributed by atoms with Gasteiger partial charge in [-0.05, 0) is 49.4 Å². The van der Waals surface area contributed by atoms with Gasteiger partial charge in [0.25, 0.3) is 0 Å². The highest BCUT2D eigenvalue weighted by atomic mass is 16.3. The molecule has 1 atom stereocenters. The summed E-state index contributed by atoms with van der Waals surface area (Å²) in [6.07, 6.45) is 11.8. The van der Waals surface area contributed by atoms with Crippen molar-refractivity contribution in [3.8, 4) is 5.82 Å². The Kier molecular flexibility index (Phi) is 6.78. The molecular formula is C23H34N4O. The first-order valence-electron chi connectivity index (χ1n) is 11.0. The lowest BCUT2D eigenvalue weighted by molar-refractivity contribution is 0.0393. The quantitative estimate of drug-likeness (QED) is 0.798. The summed E-state index contributed by atoms with van der Waals surface area (Å²) in [4.78, 5) is 9.71. The van der Waals surface area contributed by atoms with Crippen LogP contribution in [0.3, 0.4) is 0 Å². The molecule has 0 amide bonds. The SMILES string of the molecule is OCCC1CN(Cc2cccn2-c2ccccn2)CCN1CC1CCCCC1. The van der Waals surface area contributed by atoms with Crippen molar-refractivity contribution in [2.24, 2.45) is 5.92 Å². The number of aliphatic hydroxyl groups is 1. The normalized spacial score (nSPS) is 22.5. The first-order chi connectivity index (χ1) is 13.8. The minimum absolute atomic E-state index is 0.282. The zero-order valence-corrected chi connectivity index (χ0v) is 16.9.